The predicted octanol–water partition coefficient (Wildman–Crippen LogP) is 4.23. The second-order valence-corrected chi connectivity index (χ2v) is 7.75. The molecule has 0 atom stereocenters. The van der Waals surface area contributed by atoms with Gasteiger partial charge in [0.2, 0.25) is 5.95 Å². The first kappa shape index (κ1) is 18.8. The molecule has 7 nitrogen and oxygen atoms in total. The molecule has 146 valence electrons. The number of amides is 1. The smallest absolute Gasteiger partial charge is 0.268 e. The first-order chi connectivity index (χ1) is 14.0. The number of pyridine rings is 1. The van der Waals surface area contributed by atoms with Crippen LogP contribution in [-0.4, -0.2) is 33.4 Å². The number of aryl methyl sites for hydroxylation is 1. The summed E-state index contributed by atoms with van der Waals surface area (Å²) in [5.41, 5.74) is 2.61. The second-order valence-electron chi connectivity index (χ2n) is 6.46. The van der Waals surface area contributed by atoms with E-state index < -0.39 is 0 Å². The third-order valence-electron chi connectivity index (χ3n) is 4.42. The lowest BCUT2D eigenvalue weighted by Crippen LogP contribution is -2.11. The van der Waals surface area contributed by atoms with Crippen LogP contribution in [-0.2, 0) is 0 Å². The highest BCUT2D eigenvalue weighted by Gasteiger charge is 2.17. The van der Waals surface area contributed by atoms with Crippen molar-refractivity contribution >= 4 is 34.6 Å². The lowest BCUT2D eigenvalue weighted by Gasteiger charge is -2.08. The van der Waals surface area contributed by atoms with Crippen LogP contribution in [0.3, 0.4) is 0 Å². The van der Waals surface area contributed by atoms with Gasteiger partial charge in [0.1, 0.15) is 0 Å². The number of nitrogens with zero attached hydrogens (tertiary/aromatic N) is 3. The largest absolute Gasteiger partial charge is 0.493 e. The van der Waals surface area contributed by atoms with E-state index >= 15 is 0 Å². The van der Waals surface area contributed by atoms with Crippen LogP contribution < -0.4 is 10.1 Å². The summed E-state index contributed by atoms with van der Waals surface area (Å²) >= 11 is 1.40. The van der Waals surface area contributed by atoms with Crippen molar-refractivity contribution in [1.29, 1.82) is 0 Å². The van der Waals surface area contributed by atoms with Gasteiger partial charge in [0, 0.05) is 16.0 Å². The highest BCUT2D eigenvalue weighted by atomic mass is 32.1. The minimum absolute atomic E-state index is 0.0191. The molecule has 0 radical (unpaired) electrons. The summed E-state index contributed by atoms with van der Waals surface area (Å²) in [5.74, 6) is 0.415. The number of rotatable bonds is 5. The lowest BCUT2D eigenvalue weighted by atomic mass is 10.1. The van der Waals surface area contributed by atoms with Crippen LogP contribution in [0.25, 0.3) is 16.9 Å². The van der Waals surface area contributed by atoms with Crippen molar-refractivity contribution in [3.8, 4) is 17.0 Å². The molecule has 4 aromatic rings. The standard InChI is InChI=1S/C21H18N4O3S/c1-12-7-10-18(29-12)20(27)23-21-22-19-17(28-3)9-8-16(25(19)24-21)15-6-4-5-14(11-15)13(2)26/h4-11H,1-3H3,(H,23,24,27). The minimum Gasteiger partial charge on any atom is -0.493 e. The molecule has 0 aliphatic rings. The van der Waals surface area contributed by atoms with Crippen LogP contribution >= 0.6 is 11.3 Å². The molecule has 0 saturated carbocycles. The highest BCUT2D eigenvalue weighted by Crippen LogP contribution is 2.28. The first-order valence-electron chi connectivity index (χ1n) is 8.89. The number of hydrogen-bond acceptors (Lipinski definition) is 6. The Morgan fingerprint density at radius 2 is 1.97 bits per heavy atom. The molecular weight excluding hydrogens is 388 g/mol. The van der Waals surface area contributed by atoms with Gasteiger partial charge in [0.25, 0.3) is 5.91 Å². The van der Waals surface area contributed by atoms with E-state index in [4.69, 9.17) is 4.74 Å². The molecule has 3 heterocycles. The number of carbonyl (C=O) groups is 2. The third kappa shape index (κ3) is 3.62. The van der Waals surface area contributed by atoms with Crippen LogP contribution in [0.5, 0.6) is 5.75 Å². The van der Waals surface area contributed by atoms with Gasteiger partial charge in [0.15, 0.2) is 17.2 Å². The zero-order chi connectivity index (χ0) is 20.5. The number of ether oxygens (including phenoxy) is 1. The number of nitrogens with one attached hydrogen (secondary N) is 1. The molecule has 3 aromatic heterocycles. The van der Waals surface area contributed by atoms with Gasteiger partial charge in [-0.3, -0.25) is 14.9 Å². The maximum absolute atomic E-state index is 12.5. The van der Waals surface area contributed by atoms with Gasteiger partial charge in [-0.25, -0.2) is 4.52 Å². The highest BCUT2D eigenvalue weighted by molar-refractivity contribution is 7.14. The molecule has 4 rings (SSSR count). The topological polar surface area (TPSA) is 85.6 Å². The molecule has 1 aromatic carbocycles. The van der Waals surface area contributed by atoms with E-state index in [0.717, 1.165) is 16.1 Å². The maximum Gasteiger partial charge on any atom is 0.268 e. The minimum atomic E-state index is -0.266. The Morgan fingerprint density at radius 1 is 1.14 bits per heavy atom. The van der Waals surface area contributed by atoms with Gasteiger partial charge < -0.3 is 4.74 Å². The maximum atomic E-state index is 12.5. The molecular formula is C21H18N4O3S. The van der Waals surface area contributed by atoms with Gasteiger partial charge >= 0.3 is 0 Å². The van der Waals surface area contributed by atoms with Gasteiger partial charge in [-0.1, -0.05) is 18.2 Å². The number of benzene rings is 1. The molecule has 0 aliphatic heterocycles. The molecule has 0 unspecified atom stereocenters. The van der Waals surface area contributed by atoms with E-state index in [1.54, 1.807) is 35.9 Å². The summed E-state index contributed by atoms with van der Waals surface area (Å²) in [4.78, 5) is 30.3. The van der Waals surface area contributed by atoms with Gasteiger partial charge in [-0.15, -0.1) is 16.4 Å². The number of aromatic nitrogens is 3. The Hall–Kier alpha value is -3.52. The van der Waals surface area contributed by atoms with Crippen molar-refractivity contribution in [2.75, 3.05) is 12.4 Å². The number of anilines is 1. The molecule has 0 bridgehead atoms. The number of methoxy groups -OCH3 is 1. The molecule has 1 amide bonds. The van der Waals surface area contributed by atoms with E-state index in [0.29, 0.717) is 21.8 Å². The average Bonchev–Trinajstić information content (AvgIpc) is 3.33. The summed E-state index contributed by atoms with van der Waals surface area (Å²) in [7, 11) is 1.55. The number of ketones is 1. The zero-order valence-corrected chi connectivity index (χ0v) is 16.9. The molecule has 8 heteroatoms. The second kappa shape index (κ2) is 7.48. The van der Waals surface area contributed by atoms with Crippen molar-refractivity contribution in [3.05, 3.63) is 63.8 Å². The van der Waals surface area contributed by atoms with E-state index in [1.807, 2.05) is 31.2 Å². The van der Waals surface area contributed by atoms with Gasteiger partial charge in [0.05, 0.1) is 17.7 Å². The van der Waals surface area contributed by atoms with Crippen molar-refractivity contribution in [1.82, 2.24) is 14.6 Å². The Balaban J connectivity index is 1.78. The predicted molar refractivity (Wildman–Crippen MR) is 112 cm³/mol. The van der Waals surface area contributed by atoms with Crippen molar-refractivity contribution in [2.24, 2.45) is 0 Å². The van der Waals surface area contributed by atoms with Crippen LogP contribution in [0, 0.1) is 6.92 Å². The molecule has 0 spiro atoms. The van der Waals surface area contributed by atoms with E-state index in [2.05, 4.69) is 15.4 Å². The monoisotopic (exact) mass is 406 g/mol. The summed E-state index contributed by atoms with van der Waals surface area (Å²) in [6.45, 7) is 3.47. The number of carbonyl (C=O) groups excluding carboxylic acids is 2. The number of thiophene rings is 1. The summed E-state index contributed by atoms with van der Waals surface area (Å²) in [5, 5.41) is 7.20. The zero-order valence-electron chi connectivity index (χ0n) is 16.1. The van der Waals surface area contributed by atoms with Gasteiger partial charge in [-0.2, -0.15) is 4.98 Å². The molecule has 0 fully saturated rings. The number of fused-ring (bicyclic) bond motifs is 1. The van der Waals surface area contributed by atoms with Crippen molar-refractivity contribution in [2.45, 2.75) is 13.8 Å². The molecule has 0 saturated heterocycles. The number of Topliss-reactive ketones (excluding diaryl/α,β-unsaturated/α-hetero) is 1. The third-order valence-corrected chi connectivity index (χ3v) is 5.42. The quantitative estimate of drug-likeness (QED) is 0.501. The van der Waals surface area contributed by atoms with E-state index in [9.17, 15) is 9.59 Å². The Morgan fingerprint density at radius 3 is 2.66 bits per heavy atom. The van der Waals surface area contributed by atoms with Crippen LogP contribution in [0.2, 0.25) is 0 Å². The summed E-state index contributed by atoms with van der Waals surface area (Å²) < 4.78 is 7.00. The fourth-order valence-electron chi connectivity index (χ4n) is 2.99. The molecule has 29 heavy (non-hydrogen) atoms. The first-order valence-corrected chi connectivity index (χ1v) is 9.71. The Labute approximate surface area is 171 Å². The van der Waals surface area contributed by atoms with Gasteiger partial charge in [-0.05, 0) is 44.2 Å². The average molecular weight is 406 g/mol. The Kier molecular flexibility index (Phi) is 4.85. The summed E-state index contributed by atoms with van der Waals surface area (Å²) in [6, 6.07) is 14.6. The number of hydrogen-bond donors (Lipinski definition) is 1. The Bertz CT molecular complexity index is 1240. The van der Waals surface area contributed by atoms with E-state index in [-0.39, 0.29) is 17.6 Å². The fourth-order valence-corrected chi connectivity index (χ4v) is 3.75. The normalized spacial score (nSPS) is 10.9. The fraction of sp³-hybridized carbons (Fsp3) is 0.143. The van der Waals surface area contributed by atoms with Crippen molar-refractivity contribution in [3.63, 3.8) is 0 Å². The molecule has 0 aliphatic carbocycles. The lowest BCUT2D eigenvalue weighted by molar-refractivity contribution is 0.101. The van der Waals surface area contributed by atoms with Crippen LogP contribution in [0.1, 0.15) is 31.8 Å². The van der Waals surface area contributed by atoms with Crippen molar-refractivity contribution < 1.29 is 14.3 Å². The molecule has 1 N–H and O–H groups in total. The van der Waals surface area contributed by atoms with Crippen LogP contribution in [0.15, 0.2) is 48.5 Å². The van der Waals surface area contributed by atoms with E-state index in [1.165, 1.54) is 18.3 Å². The van der Waals surface area contributed by atoms with Crippen LogP contribution in [0.4, 0.5) is 5.95 Å². The SMILES string of the molecule is COc1ccc(-c2cccc(C(C)=O)c2)n2nc(NC(=O)c3ccc(C)s3)nc12. The summed E-state index contributed by atoms with van der Waals surface area (Å²) in [6.07, 6.45) is 0.